The zero-order valence-electron chi connectivity index (χ0n) is 8.22. The molecule has 1 aromatic rings. The summed E-state index contributed by atoms with van der Waals surface area (Å²) in [6.45, 7) is 5.32. The van der Waals surface area contributed by atoms with E-state index in [1.807, 2.05) is 0 Å². The highest BCUT2D eigenvalue weighted by Crippen LogP contribution is 2.18. The Hall–Kier alpha value is -1.24. The third-order valence-electron chi connectivity index (χ3n) is 2.76. The van der Waals surface area contributed by atoms with E-state index in [1.54, 1.807) is 0 Å². The van der Waals surface area contributed by atoms with Gasteiger partial charge in [0, 0.05) is 12.2 Å². The fourth-order valence-electron chi connectivity index (χ4n) is 1.70. The van der Waals surface area contributed by atoms with E-state index in [1.165, 1.54) is 22.4 Å². The zero-order chi connectivity index (χ0) is 9.26. The van der Waals surface area contributed by atoms with Crippen LogP contribution in [0.5, 0.6) is 0 Å². The molecule has 1 heteroatoms. The average Bonchev–Trinajstić information content (AvgIpc) is 2.28. The molecule has 0 saturated carbocycles. The number of rotatable bonds is 0. The molecule has 0 aromatic heterocycles. The SMILES string of the molecule is CC1=C(C)NCc2ccccc2C1. The smallest absolute Gasteiger partial charge is 0.0400 e. The van der Waals surface area contributed by atoms with Crippen LogP contribution in [0.3, 0.4) is 0 Å². The van der Waals surface area contributed by atoms with Crippen LogP contribution in [-0.2, 0) is 13.0 Å². The first-order valence-corrected chi connectivity index (χ1v) is 4.74. The summed E-state index contributed by atoms with van der Waals surface area (Å²) in [6.07, 6.45) is 1.09. The molecule has 2 rings (SSSR count). The standard InChI is InChI=1S/C12H15N/c1-9-7-11-5-3-4-6-12(11)8-13-10(9)2/h3-6,13H,7-8H2,1-2H3. The lowest BCUT2D eigenvalue weighted by molar-refractivity contribution is 0.810. The van der Waals surface area contributed by atoms with Gasteiger partial charge in [-0.05, 0) is 31.4 Å². The number of hydrogen-bond acceptors (Lipinski definition) is 1. The largest absolute Gasteiger partial charge is 0.385 e. The van der Waals surface area contributed by atoms with Gasteiger partial charge in [0.15, 0.2) is 0 Å². The predicted octanol–water partition coefficient (Wildman–Crippen LogP) is 2.63. The molecule has 0 unspecified atom stereocenters. The van der Waals surface area contributed by atoms with Crippen LogP contribution in [0.2, 0.25) is 0 Å². The molecule has 1 N–H and O–H groups in total. The number of nitrogens with one attached hydrogen (secondary N) is 1. The van der Waals surface area contributed by atoms with E-state index in [4.69, 9.17) is 0 Å². The van der Waals surface area contributed by atoms with E-state index in [-0.39, 0.29) is 0 Å². The number of fused-ring (bicyclic) bond motifs is 1. The summed E-state index contributed by atoms with van der Waals surface area (Å²) in [4.78, 5) is 0. The highest BCUT2D eigenvalue weighted by molar-refractivity contribution is 5.33. The maximum absolute atomic E-state index is 3.43. The summed E-state index contributed by atoms with van der Waals surface area (Å²) >= 11 is 0. The van der Waals surface area contributed by atoms with Crippen LogP contribution in [0.15, 0.2) is 35.5 Å². The molecular weight excluding hydrogens is 158 g/mol. The highest BCUT2D eigenvalue weighted by Gasteiger charge is 2.08. The molecular formula is C12H15N. The monoisotopic (exact) mass is 173 g/mol. The van der Waals surface area contributed by atoms with Gasteiger partial charge in [-0.2, -0.15) is 0 Å². The summed E-state index contributed by atoms with van der Waals surface area (Å²) < 4.78 is 0. The van der Waals surface area contributed by atoms with E-state index in [0.717, 1.165) is 13.0 Å². The maximum atomic E-state index is 3.43. The van der Waals surface area contributed by atoms with Gasteiger partial charge in [-0.25, -0.2) is 0 Å². The molecule has 0 fully saturated rings. The Labute approximate surface area is 79.5 Å². The first-order chi connectivity index (χ1) is 6.27. The van der Waals surface area contributed by atoms with Crippen LogP contribution in [0.25, 0.3) is 0 Å². The first kappa shape index (κ1) is 8.36. The lowest BCUT2D eigenvalue weighted by Gasteiger charge is -2.04. The van der Waals surface area contributed by atoms with Crippen molar-refractivity contribution in [2.75, 3.05) is 0 Å². The van der Waals surface area contributed by atoms with Crippen LogP contribution in [0.4, 0.5) is 0 Å². The Morgan fingerprint density at radius 3 is 2.54 bits per heavy atom. The van der Waals surface area contributed by atoms with E-state index >= 15 is 0 Å². The lowest BCUT2D eigenvalue weighted by atomic mass is 10.0. The minimum atomic E-state index is 0.972. The molecule has 0 spiro atoms. The van der Waals surface area contributed by atoms with Crippen molar-refractivity contribution in [1.29, 1.82) is 0 Å². The summed E-state index contributed by atoms with van der Waals surface area (Å²) in [7, 11) is 0. The summed E-state index contributed by atoms with van der Waals surface area (Å²) in [5.74, 6) is 0. The Balaban J connectivity index is 2.39. The van der Waals surface area contributed by atoms with Crippen molar-refractivity contribution in [3.8, 4) is 0 Å². The Morgan fingerprint density at radius 1 is 1.08 bits per heavy atom. The second kappa shape index (κ2) is 3.25. The molecule has 0 atom stereocenters. The molecule has 0 radical (unpaired) electrons. The maximum Gasteiger partial charge on any atom is 0.0400 e. The van der Waals surface area contributed by atoms with Crippen LogP contribution in [0, 0.1) is 0 Å². The minimum absolute atomic E-state index is 0.972. The lowest BCUT2D eigenvalue weighted by Crippen LogP contribution is -2.09. The van der Waals surface area contributed by atoms with Crippen LogP contribution < -0.4 is 5.32 Å². The van der Waals surface area contributed by atoms with E-state index < -0.39 is 0 Å². The van der Waals surface area contributed by atoms with Gasteiger partial charge < -0.3 is 5.32 Å². The van der Waals surface area contributed by atoms with Gasteiger partial charge in [0.2, 0.25) is 0 Å². The van der Waals surface area contributed by atoms with Crippen molar-refractivity contribution in [2.45, 2.75) is 26.8 Å². The molecule has 13 heavy (non-hydrogen) atoms. The normalized spacial score (nSPS) is 16.2. The Kier molecular flexibility index (Phi) is 2.09. The van der Waals surface area contributed by atoms with Gasteiger partial charge in [-0.1, -0.05) is 29.8 Å². The van der Waals surface area contributed by atoms with E-state index in [0.29, 0.717) is 0 Å². The van der Waals surface area contributed by atoms with Crippen molar-refractivity contribution in [1.82, 2.24) is 5.32 Å². The van der Waals surface area contributed by atoms with Gasteiger partial charge >= 0.3 is 0 Å². The van der Waals surface area contributed by atoms with Gasteiger partial charge in [-0.15, -0.1) is 0 Å². The number of benzene rings is 1. The summed E-state index contributed by atoms with van der Waals surface area (Å²) in [6, 6.07) is 8.65. The highest BCUT2D eigenvalue weighted by atomic mass is 14.9. The Bertz CT molecular complexity index is 350. The molecule has 0 aliphatic carbocycles. The van der Waals surface area contributed by atoms with Gasteiger partial charge in [0.05, 0.1) is 0 Å². The van der Waals surface area contributed by atoms with Crippen molar-refractivity contribution >= 4 is 0 Å². The summed E-state index contributed by atoms with van der Waals surface area (Å²) in [5.41, 5.74) is 5.67. The molecule has 1 nitrogen and oxygen atoms in total. The fourth-order valence-corrected chi connectivity index (χ4v) is 1.70. The fraction of sp³-hybridized carbons (Fsp3) is 0.333. The third-order valence-corrected chi connectivity index (χ3v) is 2.76. The second-order valence-corrected chi connectivity index (χ2v) is 3.70. The van der Waals surface area contributed by atoms with Crippen molar-refractivity contribution < 1.29 is 0 Å². The second-order valence-electron chi connectivity index (χ2n) is 3.70. The number of hydrogen-bond donors (Lipinski definition) is 1. The van der Waals surface area contributed by atoms with Crippen molar-refractivity contribution in [2.24, 2.45) is 0 Å². The van der Waals surface area contributed by atoms with Gasteiger partial charge in [0.1, 0.15) is 0 Å². The van der Waals surface area contributed by atoms with Crippen molar-refractivity contribution in [3.63, 3.8) is 0 Å². The molecule has 1 aliphatic rings. The van der Waals surface area contributed by atoms with Gasteiger partial charge in [-0.3, -0.25) is 0 Å². The predicted molar refractivity (Wildman–Crippen MR) is 55.4 cm³/mol. The Morgan fingerprint density at radius 2 is 1.77 bits per heavy atom. The topological polar surface area (TPSA) is 12.0 Å². The molecule has 0 saturated heterocycles. The average molecular weight is 173 g/mol. The minimum Gasteiger partial charge on any atom is -0.385 e. The molecule has 1 heterocycles. The molecule has 68 valence electrons. The summed E-state index contributed by atoms with van der Waals surface area (Å²) in [5, 5.41) is 3.43. The zero-order valence-corrected chi connectivity index (χ0v) is 8.22. The third kappa shape index (κ3) is 1.59. The quantitative estimate of drug-likeness (QED) is 0.636. The first-order valence-electron chi connectivity index (χ1n) is 4.74. The van der Waals surface area contributed by atoms with Gasteiger partial charge in [0.25, 0.3) is 0 Å². The van der Waals surface area contributed by atoms with E-state index in [9.17, 15) is 0 Å². The van der Waals surface area contributed by atoms with E-state index in [2.05, 4.69) is 43.4 Å². The van der Waals surface area contributed by atoms with Crippen LogP contribution in [-0.4, -0.2) is 0 Å². The molecule has 0 amide bonds. The van der Waals surface area contributed by atoms with Crippen LogP contribution in [0.1, 0.15) is 25.0 Å². The number of allylic oxidation sites excluding steroid dienone is 2. The molecule has 0 bridgehead atoms. The molecule has 1 aromatic carbocycles. The molecule has 1 aliphatic heterocycles. The van der Waals surface area contributed by atoms with Crippen molar-refractivity contribution in [3.05, 3.63) is 46.7 Å². The van der Waals surface area contributed by atoms with Crippen LogP contribution >= 0.6 is 0 Å².